The maximum atomic E-state index is 13.8. The van der Waals surface area contributed by atoms with Crippen molar-refractivity contribution in [3.05, 3.63) is 96.6 Å². The Kier molecular flexibility index (Phi) is 5.27. The van der Waals surface area contributed by atoms with Crippen LogP contribution in [0.2, 0.25) is 0 Å². The van der Waals surface area contributed by atoms with E-state index in [4.69, 9.17) is 0 Å². The minimum Gasteiger partial charge on any atom is -0.274 e. The molecule has 0 aromatic heterocycles. The van der Waals surface area contributed by atoms with Crippen LogP contribution in [-0.2, 0) is 19.2 Å². The Morgan fingerprint density at radius 2 is 1.15 bits per heavy atom. The van der Waals surface area contributed by atoms with Gasteiger partial charge in [0.05, 0.1) is 29.1 Å². The van der Waals surface area contributed by atoms with Crippen LogP contribution in [0.5, 0.6) is 0 Å². The molecule has 0 bridgehead atoms. The highest BCUT2D eigenvalue weighted by Gasteiger charge is 2.54. The third kappa shape index (κ3) is 3.48. The van der Waals surface area contributed by atoms with Crippen molar-refractivity contribution in [2.75, 3.05) is 9.80 Å². The maximum absolute atomic E-state index is 13.8. The van der Waals surface area contributed by atoms with E-state index >= 15 is 0 Å². The van der Waals surface area contributed by atoms with Crippen molar-refractivity contribution >= 4 is 56.5 Å². The third-order valence-corrected chi connectivity index (χ3v) is 8.63. The van der Waals surface area contributed by atoms with Crippen molar-refractivity contribution in [2.45, 2.75) is 19.8 Å². The first kappa shape index (κ1) is 23.5. The van der Waals surface area contributed by atoms with Crippen molar-refractivity contribution in [3.8, 4) is 0 Å². The number of carbonyl (C=O) groups is 4. The molecule has 6 nitrogen and oxygen atoms in total. The Bertz CT molecular complexity index is 1740. The summed E-state index contributed by atoms with van der Waals surface area (Å²) < 4.78 is 0. The van der Waals surface area contributed by atoms with Crippen molar-refractivity contribution in [3.63, 3.8) is 0 Å². The van der Waals surface area contributed by atoms with Crippen molar-refractivity contribution in [1.29, 1.82) is 0 Å². The predicted molar refractivity (Wildman–Crippen MR) is 150 cm³/mol. The molecule has 2 aliphatic heterocycles. The standard InChI is InChI=1S/C33H26N2O4/c1-19-16-22(25-18-29(36)34(31(25)37)27-14-6-10-20-8-2-4-12-23(20)27)17-26-30(19)33(39)35(32(26)38)28-15-7-11-21-9-3-5-13-24(21)28/h2-16,22,25-26,30H,17-18H2,1H3/t22-,25-,26-,30+/m0/s1. The topological polar surface area (TPSA) is 74.8 Å². The summed E-state index contributed by atoms with van der Waals surface area (Å²) in [6.07, 6.45) is 2.41. The summed E-state index contributed by atoms with van der Waals surface area (Å²) in [4.78, 5) is 57.1. The van der Waals surface area contributed by atoms with Gasteiger partial charge in [-0.15, -0.1) is 0 Å². The molecule has 0 spiro atoms. The summed E-state index contributed by atoms with van der Waals surface area (Å²) in [6.45, 7) is 1.87. The number of rotatable bonds is 3. The number of fused-ring (bicyclic) bond motifs is 3. The highest BCUT2D eigenvalue weighted by atomic mass is 16.2. The molecule has 0 N–H and O–H groups in total. The summed E-state index contributed by atoms with van der Waals surface area (Å²) in [5, 5.41) is 3.61. The van der Waals surface area contributed by atoms with Gasteiger partial charge >= 0.3 is 0 Å². The van der Waals surface area contributed by atoms with Crippen LogP contribution >= 0.6 is 0 Å². The minimum absolute atomic E-state index is 0.0864. The number of nitrogens with zero attached hydrogens (tertiary/aromatic N) is 2. The molecule has 6 heteroatoms. The lowest BCUT2D eigenvalue weighted by atomic mass is 9.71. The predicted octanol–water partition coefficient (Wildman–Crippen LogP) is 5.64. The highest BCUT2D eigenvalue weighted by molar-refractivity contribution is 6.26. The zero-order valence-corrected chi connectivity index (χ0v) is 21.4. The molecule has 2 heterocycles. The van der Waals surface area contributed by atoms with Crippen molar-refractivity contribution in [2.24, 2.45) is 23.7 Å². The normalized spacial score (nSPS) is 25.1. The van der Waals surface area contributed by atoms with Crippen LogP contribution in [0.15, 0.2) is 96.6 Å². The van der Waals surface area contributed by atoms with E-state index in [2.05, 4.69) is 0 Å². The van der Waals surface area contributed by atoms with Gasteiger partial charge in [0.1, 0.15) is 0 Å². The van der Waals surface area contributed by atoms with Crippen molar-refractivity contribution in [1.82, 2.24) is 0 Å². The Balaban J connectivity index is 1.21. The van der Waals surface area contributed by atoms with Gasteiger partial charge in [0.2, 0.25) is 23.6 Å². The molecule has 192 valence electrons. The lowest BCUT2D eigenvalue weighted by molar-refractivity contribution is -0.125. The van der Waals surface area contributed by atoms with Crippen molar-refractivity contribution < 1.29 is 19.2 Å². The largest absolute Gasteiger partial charge is 0.274 e. The van der Waals surface area contributed by atoms with E-state index < -0.39 is 17.8 Å². The Morgan fingerprint density at radius 1 is 0.615 bits per heavy atom. The molecule has 0 radical (unpaired) electrons. The summed E-state index contributed by atoms with van der Waals surface area (Å²) in [7, 11) is 0. The molecule has 2 fully saturated rings. The second-order valence-electron chi connectivity index (χ2n) is 10.8. The number of allylic oxidation sites excluding steroid dienone is 1. The zero-order valence-electron chi connectivity index (χ0n) is 21.4. The summed E-state index contributed by atoms with van der Waals surface area (Å²) in [5.41, 5.74) is 1.98. The molecule has 3 aliphatic rings. The fourth-order valence-corrected chi connectivity index (χ4v) is 6.85. The van der Waals surface area contributed by atoms with E-state index in [1.165, 1.54) is 9.80 Å². The lowest BCUT2D eigenvalue weighted by Gasteiger charge is -2.29. The minimum atomic E-state index is -0.568. The molecule has 4 amide bonds. The molecule has 2 saturated heterocycles. The van der Waals surface area contributed by atoms with Gasteiger partial charge in [0.15, 0.2) is 0 Å². The smallest absolute Gasteiger partial charge is 0.241 e. The molecule has 4 atom stereocenters. The molecule has 0 unspecified atom stereocenters. The fourth-order valence-electron chi connectivity index (χ4n) is 6.85. The van der Waals surface area contributed by atoms with Gasteiger partial charge in [-0.2, -0.15) is 0 Å². The lowest BCUT2D eigenvalue weighted by Crippen LogP contribution is -2.35. The molecule has 7 rings (SSSR count). The first-order valence-corrected chi connectivity index (χ1v) is 13.3. The van der Waals surface area contributed by atoms with E-state index in [9.17, 15) is 19.2 Å². The Morgan fingerprint density at radius 3 is 1.79 bits per heavy atom. The van der Waals surface area contributed by atoms with Crippen LogP contribution < -0.4 is 9.80 Å². The van der Waals surface area contributed by atoms with Crippen LogP contribution in [0.1, 0.15) is 19.8 Å². The van der Waals surface area contributed by atoms with E-state index in [0.29, 0.717) is 17.8 Å². The van der Waals surface area contributed by atoms with Gasteiger partial charge in [0, 0.05) is 17.2 Å². The molecular weight excluding hydrogens is 488 g/mol. The van der Waals surface area contributed by atoms with Gasteiger partial charge in [0.25, 0.3) is 0 Å². The number of benzene rings is 4. The maximum Gasteiger partial charge on any atom is 0.241 e. The summed E-state index contributed by atoms with van der Waals surface area (Å²) >= 11 is 0. The second kappa shape index (κ2) is 8.73. The number of hydrogen-bond acceptors (Lipinski definition) is 4. The molecule has 4 aromatic rings. The average molecular weight is 515 g/mol. The number of anilines is 2. The van der Waals surface area contributed by atoms with E-state index in [-0.39, 0.29) is 36.0 Å². The summed E-state index contributed by atoms with van der Waals surface area (Å²) in [5.74, 6) is -2.91. The van der Waals surface area contributed by atoms with Crippen LogP contribution in [0, 0.1) is 23.7 Å². The van der Waals surface area contributed by atoms with E-state index in [0.717, 1.165) is 27.1 Å². The van der Waals surface area contributed by atoms with Crippen LogP contribution in [0.4, 0.5) is 11.4 Å². The number of hydrogen-bond donors (Lipinski definition) is 0. The Hall–Kier alpha value is -4.58. The quantitative estimate of drug-likeness (QED) is 0.262. The second-order valence-corrected chi connectivity index (χ2v) is 10.8. The van der Waals surface area contributed by atoms with Gasteiger partial charge in [-0.3, -0.25) is 19.2 Å². The van der Waals surface area contributed by atoms with Crippen LogP contribution in [0.25, 0.3) is 21.5 Å². The SMILES string of the molecule is CC1=C[C@H]([C@@H]2CC(=O)N(c3cccc4ccccc34)C2=O)C[C@@H]2C(=O)N(c3cccc4ccccc34)C(=O)[C@H]12. The average Bonchev–Trinajstić information content (AvgIpc) is 3.39. The number of imide groups is 2. The molecule has 1 aliphatic carbocycles. The van der Waals surface area contributed by atoms with Gasteiger partial charge in [-0.05, 0) is 42.2 Å². The van der Waals surface area contributed by atoms with Gasteiger partial charge in [-0.25, -0.2) is 9.80 Å². The first-order chi connectivity index (χ1) is 18.9. The van der Waals surface area contributed by atoms with E-state index in [1.807, 2.05) is 91.9 Å². The number of carbonyl (C=O) groups excluding carboxylic acids is 4. The Labute approximate surface area is 225 Å². The van der Waals surface area contributed by atoms with Gasteiger partial charge < -0.3 is 0 Å². The monoisotopic (exact) mass is 514 g/mol. The zero-order chi connectivity index (χ0) is 26.8. The van der Waals surface area contributed by atoms with Crippen LogP contribution in [-0.4, -0.2) is 23.6 Å². The fraction of sp³-hybridized carbons (Fsp3) is 0.212. The van der Waals surface area contributed by atoms with Crippen LogP contribution in [0.3, 0.4) is 0 Å². The molecular formula is C33H26N2O4. The van der Waals surface area contributed by atoms with E-state index in [1.54, 1.807) is 6.07 Å². The molecule has 39 heavy (non-hydrogen) atoms. The summed E-state index contributed by atoms with van der Waals surface area (Å²) in [6, 6.07) is 26.6. The first-order valence-electron chi connectivity index (χ1n) is 13.3. The van der Waals surface area contributed by atoms with Gasteiger partial charge in [-0.1, -0.05) is 84.4 Å². The number of amides is 4. The highest BCUT2D eigenvalue weighted by Crippen LogP contribution is 2.47. The molecule has 4 aromatic carbocycles. The molecule has 0 saturated carbocycles. The third-order valence-electron chi connectivity index (χ3n) is 8.63.